The molecule has 0 saturated carbocycles. The number of sulfone groups is 1. The minimum absolute atomic E-state index is 0.181. The highest BCUT2D eigenvalue weighted by Crippen LogP contribution is 2.40. The van der Waals surface area contributed by atoms with Crippen LogP contribution in [0.5, 0.6) is 0 Å². The second kappa shape index (κ2) is 8.40. The van der Waals surface area contributed by atoms with E-state index < -0.39 is 9.84 Å². The molecule has 1 aliphatic heterocycles. The number of hydrogen-bond donors (Lipinski definition) is 0. The molecule has 4 rings (SSSR count). The number of nitrogens with zero attached hydrogens (tertiary/aromatic N) is 3. The zero-order valence-electron chi connectivity index (χ0n) is 18.8. The van der Waals surface area contributed by atoms with E-state index in [4.69, 9.17) is 4.42 Å². The average molecular weight is 468 g/mol. The second-order valence-corrected chi connectivity index (χ2v) is 10.3. The monoisotopic (exact) mass is 467 g/mol. The number of fused-ring (bicyclic) bond motifs is 1. The van der Waals surface area contributed by atoms with Crippen molar-refractivity contribution in [3.05, 3.63) is 66.6 Å². The van der Waals surface area contributed by atoms with Gasteiger partial charge in [-0.05, 0) is 54.4 Å². The van der Waals surface area contributed by atoms with Crippen molar-refractivity contribution in [2.24, 2.45) is 0 Å². The molecular formula is C24H25N3O5S. The van der Waals surface area contributed by atoms with Gasteiger partial charge < -0.3 is 14.2 Å². The van der Waals surface area contributed by atoms with Crippen LogP contribution in [0.25, 0.3) is 11.1 Å². The molecule has 0 saturated heterocycles. The van der Waals surface area contributed by atoms with Gasteiger partial charge in [-0.25, -0.2) is 13.2 Å². The van der Waals surface area contributed by atoms with Crippen LogP contribution in [0.15, 0.2) is 70.2 Å². The molecule has 3 aromatic rings. The van der Waals surface area contributed by atoms with Gasteiger partial charge in [-0.3, -0.25) is 9.69 Å². The number of carbonyl (C=O) groups excluding carboxylic acids is 2. The number of rotatable bonds is 3. The fourth-order valence-corrected chi connectivity index (χ4v) is 4.56. The highest BCUT2D eigenvalue weighted by molar-refractivity contribution is 7.90. The Labute approximate surface area is 192 Å². The summed E-state index contributed by atoms with van der Waals surface area (Å²) in [6, 6.07) is 14.9. The van der Waals surface area contributed by atoms with Gasteiger partial charge in [0.25, 0.3) is 5.91 Å². The predicted molar refractivity (Wildman–Crippen MR) is 126 cm³/mol. The Morgan fingerprint density at radius 2 is 1.67 bits per heavy atom. The molecule has 1 aromatic heterocycles. The molecule has 1 unspecified atom stereocenters. The predicted octanol–water partition coefficient (Wildman–Crippen LogP) is 3.89. The van der Waals surface area contributed by atoms with E-state index >= 15 is 0 Å². The van der Waals surface area contributed by atoms with Crippen molar-refractivity contribution < 1.29 is 22.4 Å². The SMILES string of the molecule is CC1CN(C(=O)c2ccco2)c2cc(-c3ccc(S(C)(=O)=O)cc3)ccc2N1C(=O)N(C)C. The van der Waals surface area contributed by atoms with Crippen molar-refractivity contribution >= 4 is 33.2 Å². The number of benzene rings is 2. The number of amides is 3. The molecule has 8 nitrogen and oxygen atoms in total. The third-order valence-electron chi connectivity index (χ3n) is 5.59. The Balaban J connectivity index is 1.83. The van der Waals surface area contributed by atoms with E-state index in [-0.39, 0.29) is 28.6 Å². The highest BCUT2D eigenvalue weighted by atomic mass is 32.2. The molecule has 0 aliphatic carbocycles. The van der Waals surface area contributed by atoms with Crippen LogP contribution in [0, 0.1) is 0 Å². The van der Waals surface area contributed by atoms with Gasteiger partial charge in [0, 0.05) is 26.9 Å². The molecule has 1 aliphatic rings. The maximum atomic E-state index is 13.2. The van der Waals surface area contributed by atoms with E-state index in [1.807, 2.05) is 25.1 Å². The first kappa shape index (κ1) is 22.6. The summed E-state index contributed by atoms with van der Waals surface area (Å²) < 4.78 is 28.9. The number of anilines is 2. The minimum Gasteiger partial charge on any atom is -0.459 e. The van der Waals surface area contributed by atoms with Crippen LogP contribution in [0.3, 0.4) is 0 Å². The molecule has 2 aromatic carbocycles. The maximum absolute atomic E-state index is 13.2. The largest absolute Gasteiger partial charge is 0.459 e. The summed E-state index contributed by atoms with van der Waals surface area (Å²) in [5.74, 6) is -0.0851. The van der Waals surface area contributed by atoms with Gasteiger partial charge in [0.1, 0.15) is 0 Å². The van der Waals surface area contributed by atoms with Crippen LogP contribution in [0.2, 0.25) is 0 Å². The number of furan rings is 1. The second-order valence-electron chi connectivity index (χ2n) is 8.29. The third-order valence-corrected chi connectivity index (χ3v) is 6.72. The molecular weight excluding hydrogens is 442 g/mol. The Hall–Kier alpha value is -3.59. The molecule has 0 spiro atoms. The zero-order valence-corrected chi connectivity index (χ0v) is 19.7. The summed E-state index contributed by atoms with van der Waals surface area (Å²) in [5.41, 5.74) is 2.77. The van der Waals surface area contributed by atoms with Crippen LogP contribution < -0.4 is 9.80 Å². The van der Waals surface area contributed by atoms with Crippen LogP contribution in [0.4, 0.5) is 16.2 Å². The van der Waals surface area contributed by atoms with Crippen LogP contribution in [0.1, 0.15) is 17.5 Å². The lowest BCUT2D eigenvalue weighted by molar-refractivity contribution is 0.0957. The number of hydrogen-bond acceptors (Lipinski definition) is 5. The summed E-state index contributed by atoms with van der Waals surface area (Å²) in [6.07, 6.45) is 2.61. The Morgan fingerprint density at radius 3 is 2.24 bits per heavy atom. The van der Waals surface area contributed by atoms with Gasteiger partial charge in [0.2, 0.25) is 0 Å². The molecule has 0 radical (unpaired) electrons. The van der Waals surface area contributed by atoms with Crippen molar-refractivity contribution in [1.29, 1.82) is 0 Å². The van der Waals surface area contributed by atoms with Crippen molar-refractivity contribution in [2.45, 2.75) is 17.9 Å². The Kier molecular flexibility index (Phi) is 5.75. The van der Waals surface area contributed by atoms with Gasteiger partial charge >= 0.3 is 6.03 Å². The summed E-state index contributed by atoms with van der Waals surface area (Å²) in [6.45, 7) is 2.19. The van der Waals surface area contributed by atoms with E-state index in [1.54, 1.807) is 60.3 Å². The lowest BCUT2D eigenvalue weighted by Gasteiger charge is -2.41. The van der Waals surface area contributed by atoms with Gasteiger partial charge in [-0.2, -0.15) is 0 Å². The molecule has 3 amide bonds. The first-order valence-electron chi connectivity index (χ1n) is 10.4. The first-order chi connectivity index (χ1) is 15.6. The zero-order chi connectivity index (χ0) is 23.9. The van der Waals surface area contributed by atoms with E-state index in [0.717, 1.165) is 17.4 Å². The smallest absolute Gasteiger partial charge is 0.324 e. The van der Waals surface area contributed by atoms with Gasteiger partial charge in [-0.15, -0.1) is 0 Å². The standard InChI is InChI=1S/C24H25N3O5S/c1-16-15-26(23(28)22-6-5-13-32-22)21-14-18(9-12-20(21)27(16)24(29)25(2)3)17-7-10-19(11-8-17)33(4,30)31/h5-14,16H,15H2,1-4H3. The van der Waals surface area contributed by atoms with Gasteiger partial charge in [-0.1, -0.05) is 18.2 Å². The number of carbonyl (C=O) groups is 2. The maximum Gasteiger partial charge on any atom is 0.324 e. The summed E-state index contributed by atoms with van der Waals surface area (Å²) in [4.78, 5) is 31.2. The fourth-order valence-electron chi connectivity index (χ4n) is 3.93. The molecule has 9 heteroatoms. The van der Waals surface area contributed by atoms with Crippen molar-refractivity contribution in [2.75, 3.05) is 36.7 Å². The lowest BCUT2D eigenvalue weighted by atomic mass is 10.0. The molecule has 33 heavy (non-hydrogen) atoms. The van der Waals surface area contributed by atoms with E-state index in [2.05, 4.69) is 0 Å². The third kappa shape index (κ3) is 4.23. The van der Waals surface area contributed by atoms with Crippen LogP contribution >= 0.6 is 0 Å². The molecule has 1 atom stereocenters. The molecule has 172 valence electrons. The number of urea groups is 1. The highest BCUT2D eigenvalue weighted by Gasteiger charge is 2.36. The van der Waals surface area contributed by atoms with Crippen LogP contribution in [-0.4, -0.2) is 58.2 Å². The molecule has 2 heterocycles. The fraction of sp³-hybridized carbons (Fsp3) is 0.250. The normalized spacial score (nSPS) is 15.8. The topological polar surface area (TPSA) is 91.1 Å². The summed E-state index contributed by atoms with van der Waals surface area (Å²) in [5, 5.41) is 0. The Bertz CT molecular complexity index is 1300. The summed E-state index contributed by atoms with van der Waals surface area (Å²) in [7, 11) is 0.0701. The quantitative estimate of drug-likeness (QED) is 0.583. The first-order valence-corrected chi connectivity index (χ1v) is 12.3. The molecule has 0 N–H and O–H groups in total. The van der Waals surface area contributed by atoms with Gasteiger partial charge in [0.15, 0.2) is 15.6 Å². The van der Waals surface area contributed by atoms with E-state index in [1.165, 1.54) is 11.2 Å². The van der Waals surface area contributed by atoms with Crippen LogP contribution in [-0.2, 0) is 9.84 Å². The lowest BCUT2D eigenvalue weighted by Crippen LogP contribution is -2.54. The Morgan fingerprint density at radius 1 is 1.00 bits per heavy atom. The van der Waals surface area contributed by atoms with Gasteiger partial charge in [0.05, 0.1) is 28.6 Å². The average Bonchev–Trinajstić information content (AvgIpc) is 3.32. The van der Waals surface area contributed by atoms with Crippen molar-refractivity contribution in [1.82, 2.24) is 4.90 Å². The molecule has 0 bridgehead atoms. The molecule has 0 fully saturated rings. The summed E-state index contributed by atoms with van der Waals surface area (Å²) >= 11 is 0. The van der Waals surface area contributed by atoms with E-state index in [0.29, 0.717) is 17.9 Å². The minimum atomic E-state index is -3.30. The van der Waals surface area contributed by atoms with Crippen molar-refractivity contribution in [3.63, 3.8) is 0 Å². The van der Waals surface area contributed by atoms with E-state index in [9.17, 15) is 18.0 Å². The van der Waals surface area contributed by atoms with Crippen molar-refractivity contribution in [3.8, 4) is 11.1 Å².